The molecule has 0 spiro atoms. The highest BCUT2D eigenvalue weighted by molar-refractivity contribution is 9.10. The molecular weight excluding hydrogens is 432 g/mol. The number of nitrogens with one attached hydrogen (secondary N) is 1. The Hall–Kier alpha value is -2.18. The van der Waals surface area contributed by atoms with E-state index in [1.807, 2.05) is 53.4 Å². The van der Waals surface area contributed by atoms with Crippen molar-refractivity contribution in [2.45, 2.75) is 37.6 Å². The zero-order chi connectivity index (χ0) is 20.3. The summed E-state index contributed by atoms with van der Waals surface area (Å²) in [5, 5.41) is 3.13. The molecule has 0 saturated carbocycles. The molecule has 5 nitrogen and oxygen atoms in total. The first-order valence-electron chi connectivity index (χ1n) is 10.1. The second kappa shape index (κ2) is 8.67. The molecule has 2 saturated heterocycles. The Morgan fingerprint density at radius 2 is 1.76 bits per heavy atom. The Bertz CT molecular complexity index is 874. The van der Waals surface area contributed by atoms with Gasteiger partial charge in [-0.25, -0.2) is 0 Å². The molecule has 2 heterocycles. The fourth-order valence-electron chi connectivity index (χ4n) is 4.20. The second-order valence-corrected chi connectivity index (χ2v) is 8.62. The second-order valence-electron chi connectivity index (χ2n) is 7.70. The standard InChI is InChI=1S/C23H25BrN2O3/c24-19-7-5-18(6-8-19)23(11-14-29-15-12-23)22(28)25-16-17-3-9-20(10-4-17)26-13-1-2-21(26)27/h3-10H,1-2,11-16H2,(H,25,28). The summed E-state index contributed by atoms with van der Waals surface area (Å²) >= 11 is 3.47. The first-order valence-corrected chi connectivity index (χ1v) is 10.9. The number of hydrogen-bond donors (Lipinski definition) is 1. The lowest BCUT2D eigenvalue weighted by molar-refractivity contribution is -0.130. The molecule has 6 heteroatoms. The van der Waals surface area contributed by atoms with Crippen LogP contribution in [0.5, 0.6) is 0 Å². The normalized spacial score (nSPS) is 18.7. The highest BCUT2D eigenvalue weighted by Gasteiger charge is 2.41. The van der Waals surface area contributed by atoms with Crippen molar-refractivity contribution < 1.29 is 14.3 Å². The fourth-order valence-corrected chi connectivity index (χ4v) is 4.47. The van der Waals surface area contributed by atoms with Crippen LogP contribution in [0.4, 0.5) is 5.69 Å². The molecule has 2 aliphatic rings. The minimum absolute atomic E-state index is 0.0434. The van der Waals surface area contributed by atoms with Crippen LogP contribution in [0.2, 0.25) is 0 Å². The van der Waals surface area contributed by atoms with Crippen molar-refractivity contribution in [2.75, 3.05) is 24.7 Å². The van der Waals surface area contributed by atoms with Crippen LogP contribution >= 0.6 is 15.9 Å². The Morgan fingerprint density at radius 1 is 1.07 bits per heavy atom. The number of ether oxygens (including phenoxy) is 1. The smallest absolute Gasteiger partial charge is 0.231 e. The summed E-state index contributed by atoms with van der Waals surface area (Å²) in [7, 11) is 0. The number of benzene rings is 2. The van der Waals surface area contributed by atoms with Crippen LogP contribution in [0.1, 0.15) is 36.8 Å². The number of nitrogens with zero attached hydrogens (tertiary/aromatic N) is 1. The summed E-state index contributed by atoms with van der Waals surface area (Å²) in [6.45, 7) is 2.42. The van der Waals surface area contributed by atoms with Crippen LogP contribution in [-0.2, 0) is 26.3 Å². The van der Waals surface area contributed by atoms with Gasteiger partial charge in [0.05, 0.1) is 5.41 Å². The van der Waals surface area contributed by atoms with Crippen molar-refractivity contribution in [1.82, 2.24) is 5.32 Å². The topological polar surface area (TPSA) is 58.6 Å². The lowest BCUT2D eigenvalue weighted by Gasteiger charge is -2.36. The van der Waals surface area contributed by atoms with Gasteiger partial charge in [0.15, 0.2) is 0 Å². The van der Waals surface area contributed by atoms with Crippen molar-refractivity contribution in [3.8, 4) is 0 Å². The van der Waals surface area contributed by atoms with Crippen LogP contribution < -0.4 is 10.2 Å². The molecule has 0 aliphatic carbocycles. The molecule has 0 bridgehead atoms. The summed E-state index contributed by atoms with van der Waals surface area (Å²) in [4.78, 5) is 27.0. The van der Waals surface area contributed by atoms with E-state index in [1.165, 1.54) is 0 Å². The number of anilines is 1. The van der Waals surface area contributed by atoms with E-state index < -0.39 is 5.41 Å². The Labute approximate surface area is 179 Å². The largest absolute Gasteiger partial charge is 0.381 e. The predicted octanol–water partition coefficient (Wildman–Crippen LogP) is 3.94. The number of carbonyl (C=O) groups is 2. The zero-order valence-electron chi connectivity index (χ0n) is 16.3. The Kier molecular flexibility index (Phi) is 6.01. The summed E-state index contributed by atoms with van der Waals surface area (Å²) in [5.74, 6) is 0.226. The molecule has 2 fully saturated rings. The Balaban J connectivity index is 1.45. The third-order valence-corrected chi connectivity index (χ3v) is 6.48. The summed E-state index contributed by atoms with van der Waals surface area (Å²) in [6, 6.07) is 15.9. The number of rotatable bonds is 5. The number of carbonyl (C=O) groups excluding carboxylic acids is 2. The van der Waals surface area contributed by atoms with Crippen molar-refractivity contribution in [3.63, 3.8) is 0 Å². The lowest BCUT2D eigenvalue weighted by Crippen LogP contribution is -2.47. The average Bonchev–Trinajstić information content (AvgIpc) is 3.19. The van der Waals surface area contributed by atoms with Crippen molar-refractivity contribution in [3.05, 3.63) is 64.1 Å². The van der Waals surface area contributed by atoms with E-state index in [0.29, 0.717) is 39.0 Å². The molecule has 152 valence electrons. The molecule has 4 rings (SSSR count). The summed E-state index contributed by atoms with van der Waals surface area (Å²) in [5.41, 5.74) is 2.43. The third kappa shape index (κ3) is 4.23. The zero-order valence-corrected chi connectivity index (χ0v) is 17.9. The lowest BCUT2D eigenvalue weighted by atomic mass is 9.73. The first-order chi connectivity index (χ1) is 14.1. The molecule has 2 amide bonds. The maximum absolute atomic E-state index is 13.3. The van der Waals surface area contributed by atoms with Crippen LogP contribution in [0.15, 0.2) is 53.0 Å². The fraction of sp³-hybridized carbons (Fsp3) is 0.391. The molecule has 0 aromatic heterocycles. The van der Waals surface area contributed by atoms with E-state index >= 15 is 0 Å². The summed E-state index contributed by atoms with van der Waals surface area (Å²) < 4.78 is 6.53. The van der Waals surface area contributed by atoms with Crippen molar-refractivity contribution >= 4 is 33.4 Å². The van der Waals surface area contributed by atoms with Crippen molar-refractivity contribution in [1.29, 1.82) is 0 Å². The van der Waals surface area contributed by atoms with Gasteiger partial charge in [-0.1, -0.05) is 40.2 Å². The first kappa shape index (κ1) is 20.1. The van der Waals surface area contributed by atoms with E-state index in [2.05, 4.69) is 21.2 Å². The minimum Gasteiger partial charge on any atom is -0.381 e. The Morgan fingerprint density at radius 3 is 2.38 bits per heavy atom. The van der Waals surface area contributed by atoms with Crippen molar-refractivity contribution in [2.24, 2.45) is 0 Å². The van der Waals surface area contributed by atoms with Gasteiger partial charge in [0, 0.05) is 42.9 Å². The molecule has 2 aromatic carbocycles. The van der Waals surface area contributed by atoms with Gasteiger partial charge in [0.1, 0.15) is 0 Å². The predicted molar refractivity (Wildman–Crippen MR) is 116 cm³/mol. The van der Waals surface area contributed by atoms with E-state index in [1.54, 1.807) is 0 Å². The molecule has 29 heavy (non-hydrogen) atoms. The third-order valence-electron chi connectivity index (χ3n) is 5.95. The van der Waals surface area contributed by atoms with Crippen LogP contribution in [0.3, 0.4) is 0 Å². The molecule has 0 unspecified atom stereocenters. The van der Waals surface area contributed by atoms with Gasteiger partial charge in [-0.3, -0.25) is 9.59 Å². The maximum atomic E-state index is 13.3. The van der Waals surface area contributed by atoms with Gasteiger partial charge in [0.2, 0.25) is 11.8 Å². The summed E-state index contributed by atoms with van der Waals surface area (Å²) in [6.07, 6.45) is 2.89. The monoisotopic (exact) mass is 456 g/mol. The van der Waals surface area contributed by atoms with Gasteiger partial charge >= 0.3 is 0 Å². The number of amides is 2. The van der Waals surface area contributed by atoms with E-state index in [4.69, 9.17) is 4.74 Å². The molecule has 2 aromatic rings. The minimum atomic E-state index is -0.555. The van der Waals surface area contributed by atoms with Gasteiger partial charge in [-0.15, -0.1) is 0 Å². The van der Waals surface area contributed by atoms with Crippen LogP contribution in [0, 0.1) is 0 Å². The quantitative estimate of drug-likeness (QED) is 0.740. The molecule has 1 N–H and O–H groups in total. The highest BCUT2D eigenvalue weighted by Crippen LogP contribution is 2.36. The SMILES string of the molecule is O=C1CCCN1c1ccc(CNC(=O)C2(c3ccc(Br)cc3)CCOCC2)cc1. The van der Waals surface area contributed by atoms with Crippen LogP contribution in [0.25, 0.3) is 0 Å². The molecule has 0 radical (unpaired) electrons. The van der Waals surface area contributed by atoms with Gasteiger partial charge in [-0.2, -0.15) is 0 Å². The average molecular weight is 457 g/mol. The van der Waals surface area contributed by atoms with Gasteiger partial charge in [0.25, 0.3) is 0 Å². The highest BCUT2D eigenvalue weighted by atomic mass is 79.9. The molecule has 2 aliphatic heterocycles. The molecule has 0 atom stereocenters. The van der Waals surface area contributed by atoms with E-state index in [9.17, 15) is 9.59 Å². The number of hydrogen-bond acceptors (Lipinski definition) is 3. The number of halogens is 1. The van der Waals surface area contributed by atoms with Gasteiger partial charge < -0.3 is 15.0 Å². The van der Waals surface area contributed by atoms with E-state index in [0.717, 1.165) is 34.3 Å². The maximum Gasteiger partial charge on any atom is 0.231 e. The van der Waals surface area contributed by atoms with E-state index in [-0.39, 0.29) is 11.8 Å². The van der Waals surface area contributed by atoms with Gasteiger partial charge in [-0.05, 0) is 54.7 Å². The molecular formula is C23H25BrN2O3. The van der Waals surface area contributed by atoms with Crippen LogP contribution in [-0.4, -0.2) is 31.6 Å².